The molecule has 2 fully saturated rings. The van der Waals surface area contributed by atoms with Crippen LogP contribution in [-0.4, -0.2) is 21.8 Å². The van der Waals surface area contributed by atoms with Crippen molar-refractivity contribution in [2.45, 2.75) is 38.0 Å². The van der Waals surface area contributed by atoms with Crippen molar-refractivity contribution in [3.05, 3.63) is 42.5 Å². The molecular weight excluding hydrogens is 359 g/mol. The van der Waals surface area contributed by atoms with Gasteiger partial charge in [0.15, 0.2) is 0 Å². The van der Waals surface area contributed by atoms with Gasteiger partial charge in [0.25, 0.3) is 0 Å². The van der Waals surface area contributed by atoms with Gasteiger partial charge < -0.3 is 10.1 Å². The van der Waals surface area contributed by atoms with E-state index >= 15 is 0 Å². The monoisotopic (exact) mass is 377 g/mol. The zero-order valence-electron chi connectivity index (χ0n) is 14.4. The summed E-state index contributed by atoms with van der Waals surface area (Å²) < 4.78 is 44.9. The van der Waals surface area contributed by atoms with Crippen molar-refractivity contribution >= 4 is 11.7 Å². The minimum Gasteiger partial charge on any atom is -0.437 e. The van der Waals surface area contributed by atoms with Crippen LogP contribution < -0.4 is 10.1 Å². The molecule has 1 spiro atoms. The van der Waals surface area contributed by atoms with Crippen molar-refractivity contribution in [3.8, 4) is 11.6 Å². The molecule has 8 heteroatoms. The minimum atomic E-state index is -2.59. The Labute approximate surface area is 154 Å². The summed E-state index contributed by atoms with van der Waals surface area (Å²) in [5.74, 6) is -2.48. The summed E-state index contributed by atoms with van der Waals surface area (Å²) >= 11 is 0. The number of rotatable bonds is 4. The molecule has 2 heterocycles. The lowest BCUT2D eigenvalue weighted by Gasteiger charge is -2.28. The number of alkyl halides is 2. The molecule has 2 aliphatic rings. The molecule has 2 aromatic heterocycles. The summed E-state index contributed by atoms with van der Waals surface area (Å²) in [7, 11) is 0. The maximum absolute atomic E-state index is 13.3. The van der Waals surface area contributed by atoms with Crippen LogP contribution in [-0.2, 0) is 4.79 Å². The average Bonchev–Trinajstić information content (AvgIpc) is 3.36. The van der Waals surface area contributed by atoms with E-state index in [-0.39, 0.29) is 36.0 Å². The second kappa shape index (κ2) is 6.51. The molecule has 4 rings (SSSR count). The first-order valence-corrected chi connectivity index (χ1v) is 8.80. The van der Waals surface area contributed by atoms with E-state index in [2.05, 4.69) is 15.3 Å². The van der Waals surface area contributed by atoms with Gasteiger partial charge in [-0.2, -0.15) is 0 Å². The lowest BCUT2D eigenvalue weighted by atomic mass is 9.82. The van der Waals surface area contributed by atoms with Crippen LogP contribution in [0.5, 0.6) is 11.6 Å². The number of pyridine rings is 2. The summed E-state index contributed by atoms with van der Waals surface area (Å²) in [5, 5.41) is 2.74. The van der Waals surface area contributed by atoms with Crippen LogP contribution in [0.15, 0.2) is 36.7 Å². The number of carbonyl (C=O) groups is 1. The molecule has 1 N–H and O–H groups in total. The van der Waals surface area contributed by atoms with Gasteiger partial charge in [0.1, 0.15) is 17.4 Å². The molecule has 0 radical (unpaired) electrons. The van der Waals surface area contributed by atoms with Crippen LogP contribution in [0.2, 0.25) is 0 Å². The molecule has 142 valence electrons. The molecule has 2 saturated carbocycles. The number of carbonyl (C=O) groups excluding carboxylic acids is 1. The van der Waals surface area contributed by atoms with E-state index in [0.717, 1.165) is 6.20 Å². The number of amides is 1. The largest absolute Gasteiger partial charge is 0.437 e. The normalized spacial score (nSPS) is 22.3. The van der Waals surface area contributed by atoms with Gasteiger partial charge in [0, 0.05) is 24.8 Å². The van der Waals surface area contributed by atoms with Crippen LogP contribution in [0.3, 0.4) is 0 Å². The Morgan fingerprint density at radius 2 is 1.85 bits per heavy atom. The Bertz CT molecular complexity index is 830. The van der Waals surface area contributed by atoms with Crippen molar-refractivity contribution in [3.63, 3.8) is 0 Å². The van der Waals surface area contributed by atoms with Gasteiger partial charge in [-0.3, -0.25) is 4.79 Å². The maximum atomic E-state index is 13.3. The molecule has 0 bridgehead atoms. The van der Waals surface area contributed by atoms with Gasteiger partial charge in [-0.1, -0.05) is 0 Å². The fourth-order valence-electron chi connectivity index (χ4n) is 3.66. The van der Waals surface area contributed by atoms with E-state index in [1.165, 1.54) is 18.3 Å². The Hall–Kier alpha value is -2.64. The summed E-state index contributed by atoms with van der Waals surface area (Å²) in [6.45, 7) is 0. The van der Waals surface area contributed by atoms with Gasteiger partial charge in [0.2, 0.25) is 17.7 Å². The van der Waals surface area contributed by atoms with Crippen molar-refractivity contribution in [1.82, 2.24) is 9.97 Å². The van der Waals surface area contributed by atoms with E-state index in [1.807, 2.05) is 0 Å². The summed E-state index contributed by atoms with van der Waals surface area (Å²) in [6, 6.07) is 5.82. The summed E-state index contributed by atoms with van der Waals surface area (Å²) in [4.78, 5) is 20.3. The van der Waals surface area contributed by atoms with Crippen molar-refractivity contribution < 1.29 is 22.7 Å². The second-order valence-electron chi connectivity index (χ2n) is 7.26. The lowest BCUT2D eigenvalue weighted by Crippen LogP contribution is -2.28. The van der Waals surface area contributed by atoms with E-state index in [0.29, 0.717) is 30.8 Å². The number of nitrogens with zero attached hydrogens (tertiary/aromatic N) is 2. The Morgan fingerprint density at radius 1 is 1.07 bits per heavy atom. The number of anilines is 1. The molecule has 1 unspecified atom stereocenters. The molecule has 0 saturated heterocycles. The van der Waals surface area contributed by atoms with Crippen LogP contribution in [0.1, 0.15) is 32.1 Å². The predicted octanol–water partition coefficient (Wildman–Crippen LogP) is 4.56. The minimum absolute atomic E-state index is 0.140. The molecule has 2 aromatic rings. The Morgan fingerprint density at radius 3 is 2.48 bits per heavy atom. The molecule has 2 aliphatic carbocycles. The van der Waals surface area contributed by atoms with Crippen LogP contribution in [0.25, 0.3) is 0 Å². The topological polar surface area (TPSA) is 64.1 Å². The molecule has 1 atom stereocenters. The Balaban J connectivity index is 1.32. The number of hydrogen-bond acceptors (Lipinski definition) is 4. The first-order chi connectivity index (χ1) is 12.9. The fraction of sp³-hybridized carbons (Fsp3) is 0.421. The van der Waals surface area contributed by atoms with Gasteiger partial charge in [-0.25, -0.2) is 23.1 Å². The fourth-order valence-corrected chi connectivity index (χ4v) is 3.66. The average molecular weight is 377 g/mol. The predicted molar refractivity (Wildman–Crippen MR) is 91.1 cm³/mol. The molecule has 0 aliphatic heterocycles. The van der Waals surface area contributed by atoms with E-state index in [9.17, 15) is 18.0 Å². The lowest BCUT2D eigenvalue weighted by molar-refractivity contribution is -0.119. The Kier molecular flexibility index (Phi) is 4.28. The zero-order valence-corrected chi connectivity index (χ0v) is 14.4. The van der Waals surface area contributed by atoms with Gasteiger partial charge in [0.05, 0.1) is 12.4 Å². The van der Waals surface area contributed by atoms with E-state index in [1.54, 1.807) is 12.1 Å². The van der Waals surface area contributed by atoms with Gasteiger partial charge in [-0.15, -0.1) is 0 Å². The molecular formula is C19H18F3N3O2. The smallest absolute Gasteiger partial charge is 0.248 e. The number of ether oxygens (including phenoxy) is 1. The van der Waals surface area contributed by atoms with Gasteiger partial charge >= 0.3 is 0 Å². The third-order valence-corrected chi connectivity index (χ3v) is 5.39. The quantitative estimate of drug-likeness (QED) is 0.848. The first kappa shape index (κ1) is 17.8. The highest BCUT2D eigenvalue weighted by molar-refractivity contribution is 5.94. The highest BCUT2D eigenvalue weighted by atomic mass is 19.3. The maximum Gasteiger partial charge on any atom is 0.248 e. The van der Waals surface area contributed by atoms with Crippen LogP contribution >= 0.6 is 0 Å². The molecule has 5 nitrogen and oxygen atoms in total. The first-order valence-electron chi connectivity index (χ1n) is 8.80. The van der Waals surface area contributed by atoms with E-state index < -0.39 is 11.7 Å². The highest BCUT2D eigenvalue weighted by Gasteiger charge is 2.60. The number of nitrogens with one attached hydrogen (secondary N) is 1. The van der Waals surface area contributed by atoms with Crippen molar-refractivity contribution in [1.29, 1.82) is 0 Å². The number of aromatic nitrogens is 2. The molecule has 0 aromatic carbocycles. The second-order valence-corrected chi connectivity index (χ2v) is 7.26. The number of halogens is 3. The van der Waals surface area contributed by atoms with Crippen molar-refractivity contribution in [2.24, 2.45) is 11.3 Å². The number of hydrogen-bond donors (Lipinski definition) is 1. The third-order valence-electron chi connectivity index (χ3n) is 5.39. The van der Waals surface area contributed by atoms with Gasteiger partial charge in [-0.05, 0) is 42.9 Å². The standard InChI is InChI=1S/C19H18F3N3O2/c20-12-1-4-16(24-10-12)27-13-2-3-15(23-11-13)25-17(26)14-9-18(14)5-7-19(21,22)8-6-18/h1-4,10-11,14H,5-9H2,(H,23,25,26). The molecule has 27 heavy (non-hydrogen) atoms. The van der Waals surface area contributed by atoms with Crippen LogP contribution in [0.4, 0.5) is 19.0 Å². The summed E-state index contributed by atoms with van der Waals surface area (Å²) in [6.07, 6.45) is 3.63. The van der Waals surface area contributed by atoms with Crippen molar-refractivity contribution in [2.75, 3.05) is 5.32 Å². The van der Waals surface area contributed by atoms with E-state index in [4.69, 9.17) is 4.74 Å². The third kappa shape index (κ3) is 3.89. The highest BCUT2D eigenvalue weighted by Crippen LogP contribution is 2.63. The molecule has 1 amide bonds. The SMILES string of the molecule is O=C(Nc1ccc(Oc2ccc(F)cn2)cn1)C1CC12CCC(F)(F)CC2. The summed E-state index contributed by atoms with van der Waals surface area (Å²) in [5.41, 5.74) is -0.261. The zero-order chi connectivity index (χ0) is 19.1. The van der Waals surface area contributed by atoms with Crippen LogP contribution in [0, 0.1) is 17.2 Å².